The summed E-state index contributed by atoms with van der Waals surface area (Å²) in [6.45, 7) is 14.8. The second-order valence-corrected chi connectivity index (χ2v) is 11.1. The molecule has 1 amide bonds. The zero-order chi connectivity index (χ0) is 32.8. The Balaban J connectivity index is 0.00000174. The van der Waals surface area contributed by atoms with E-state index in [2.05, 4.69) is 16.0 Å². The Hall–Kier alpha value is -4.02. The molecule has 1 aromatic carbocycles. The molecule has 1 saturated carbocycles. The van der Waals surface area contributed by atoms with Crippen molar-refractivity contribution >= 4 is 17.6 Å². The number of alkyl halides is 1. The van der Waals surface area contributed by atoms with E-state index in [1.54, 1.807) is 32.9 Å². The fraction of sp³-hybridized carbons (Fsp3) is 0.545. The van der Waals surface area contributed by atoms with Crippen LogP contribution in [0.2, 0.25) is 0 Å². The summed E-state index contributed by atoms with van der Waals surface area (Å²) in [5.74, 6) is -0.251. The fourth-order valence-electron chi connectivity index (χ4n) is 4.89. The lowest BCUT2D eigenvalue weighted by Gasteiger charge is -2.42. The van der Waals surface area contributed by atoms with Crippen molar-refractivity contribution < 1.29 is 19.4 Å². The summed E-state index contributed by atoms with van der Waals surface area (Å²) in [6.07, 6.45) is 7.72. The molecular formula is C33H47FN6O3. The molecule has 0 aliphatic heterocycles. The van der Waals surface area contributed by atoms with Gasteiger partial charge in [0.1, 0.15) is 11.3 Å². The Bertz CT molecular complexity index is 1280. The van der Waals surface area contributed by atoms with Crippen LogP contribution < -0.4 is 9.80 Å². The van der Waals surface area contributed by atoms with Gasteiger partial charge in [0, 0.05) is 37.8 Å². The zero-order valence-corrected chi connectivity index (χ0v) is 26.8. The van der Waals surface area contributed by atoms with Crippen molar-refractivity contribution in [3.05, 3.63) is 59.7 Å². The van der Waals surface area contributed by atoms with Crippen LogP contribution >= 0.6 is 0 Å². The molecule has 3 unspecified atom stereocenters. The number of nitriles is 2. The van der Waals surface area contributed by atoms with Crippen molar-refractivity contribution in [2.45, 2.75) is 92.3 Å². The van der Waals surface area contributed by atoms with Gasteiger partial charge >= 0.3 is 6.09 Å². The quantitative estimate of drug-likeness (QED) is 0.304. The normalized spacial score (nSPS) is 19.5. The van der Waals surface area contributed by atoms with Crippen LogP contribution in [0.25, 0.3) is 0 Å². The maximum absolute atomic E-state index is 15.8. The van der Waals surface area contributed by atoms with Crippen LogP contribution in [0.5, 0.6) is 0 Å². The van der Waals surface area contributed by atoms with Gasteiger partial charge in [-0.05, 0) is 77.0 Å². The smallest absolute Gasteiger partial charge is 0.413 e. The van der Waals surface area contributed by atoms with E-state index in [9.17, 15) is 20.3 Å². The molecule has 9 nitrogen and oxygen atoms in total. The second kappa shape index (κ2) is 17.2. The van der Waals surface area contributed by atoms with Crippen LogP contribution in [0.4, 0.5) is 20.7 Å². The topological polar surface area (TPSA) is 137 Å². The summed E-state index contributed by atoms with van der Waals surface area (Å²) in [4.78, 5) is 23.7. The lowest BCUT2D eigenvalue weighted by atomic mass is 9.72. The number of aliphatic hydroxyl groups is 1. The Morgan fingerprint density at radius 2 is 1.88 bits per heavy atom. The molecule has 1 aromatic heterocycles. The molecule has 1 heterocycles. The predicted octanol–water partition coefficient (Wildman–Crippen LogP) is 7.50. The average molecular weight is 595 g/mol. The maximum Gasteiger partial charge on any atom is 0.413 e. The highest BCUT2D eigenvalue weighted by Gasteiger charge is 2.42. The number of benzene rings is 1. The van der Waals surface area contributed by atoms with Crippen molar-refractivity contribution in [2.75, 3.05) is 22.9 Å². The van der Waals surface area contributed by atoms with Crippen LogP contribution in [0.3, 0.4) is 0 Å². The van der Waals surface area contributed by atoms with E-state index in [-0.39, 0.29) is 24.2 Å². The van der Waals surface area contributed by atoms with E-state index < -0.39 is 17.4 Å². The highest BCUT2D eigenvalue weighted by molar-refractivity contribution is 5.84. The number of rotatable bonds is 9. The molecule has 0 radical (unpaired) electrons. The first kappa shape index (κ1) is 37.0. The van der Waals surface area contributed by atoms with E-state index >= 15 is 4.39 Å². The molecule has 2 aromatic rings. The lowest BCUT2D eigenvalue weighted by Crippen LogP contribution is -2.45. The minimum absolute atomic E-state index is 0.0702. The number of nitrogens with zero attached hydrogens (tertiary/aromatic N) is 6. The highest BCUT2D eigenvalue weighted by atomic mass is 19.1. The predicted molar refractivity (Wildman–Crippen MR) is 168 cm³/mol. The third-order valence-electron chi connectivity index (χ3n) is 7.31. The minimum atomic E-state index is -1.42. The van der Waals surface area contributed by atoms with Gasteiger partial charge in [-0.1, -0.05) is 32.9 Å². The van der Waals surface area contributed by atoms with Crippen LogP contribution in [0.15, 0.2) is 42.9 Å². The molecule has 0 bridgehead atoms. The van der Waals surface area contributed by atoms with E-state index in [0.29, 0.717) is 37.1 Å². The number of hydrogen-bond acceptors (Lipinski definition) is 7. The van der Waals surface area contributed by atoms with Crippen molar-refractivity contribution in [1.82, 2.24) is 9.97 Å². The van der Waals surface area contributed by atoms with Gasteiger partial charge in [-0.15, -0.1) is 0 Å². The number of carboxylic acid groups (broad SMARTS) is 1. The van der Waals surface area contributed by atoms with E-state index in [1.807, 2.05) is 57.0 Å². The van der Waals surface area contributed by atoms with Crippen molar-refractivity contribution in [1.29, 1.82) is 10.5 Å². The van der Waals surface area contributed by atoms with Gasteiger partial charge in [0.2, 0.25) is 0 Å². The molecule has 3 atom stereocenters. The SMILES string of the molecule is CC.CC#N.CC/C=C\N(CC1CC(CN(C(=O)O)c2cnc(C(C)(C)O)cn2)CCC1(C)F)c1cc(C#N)ccc1C. The number of aryl methyl sites for hydroxylation is 1. The summed E-state index contributed by atoms with van der Waals surface area (Å²) < 4.78 is 15.8. The van der Waals surface area contributed by atoms with Crippen LogP contribution in [-0.2, 0) is 5.60 Å². The molecule has 0 spiro atoms. The summed E-state index contributed by atoms with van der Waals surface area (Å²) in [6, 6.07) is 9.43. The van der Waals surface area contributed by atoms with Gasteiger partial charge in [0.25, 0.3) is 0 Å². The van der Waals surface area contributed by atoms with E-state index in [1.165, 1.54) is 19.3 Å². The number of aromatic nitrogens is 2. The van der Waals surface area contributed by atoms with Crippen LogP contribution in [-0.4, -0.2) is 45.0 Å². The Morgan fingerprint density at radius 1 is 1.23 bits per heavy atom. The Kier molecular flexibility index (Phi) is 14.8. The number of hydrogen-bond donors (Lipinski definition) is 2. The molecule has 234 valence electrons. The van der Waals surface area contributed by atoms with Gasteiger partial charge in [0.05, 0.1) is 35.8 Å². The summed E-state index contributed by atoms with van der Waals surface area (Å²) >= 11 is 0. The molecule has 1 aliphatic carbocycles. The molecule has 0 saturated heterocycles. The van der Waals surface area contributed by atoms with E-state index in [4.69, 9.17) is 5.26 Å². The average Bonchev–Trinajstić information content (AvgIpc) is 2.96. The molecular weight excluding hydrogens is 547 g/mol. The zero-order valence-electron chi connectivity index (χ0n) is 26.8. The molecule has 2 N–H and O–H groups in total. The van der Waals surface area contributed by atoms with Gasteiger partial charge in [-0.25, -0.2) is 14.2 Å². The maximum atomic E-state index is 15.8. The standard InChI is InChI=1S/C29H38FN5O3.C2H3N.C2H6/c1-6-7-12-34(24-14-21(15-31)9-8-20(24)2)19-23-13-22(10-11-29(23,5)30)18-35(27(36)37)26-17-32-25(16-33-26)28(3,4)38;1-2-3;1-2/h7-9,12,14,16-17,22-23,38H,6,10-11,13,18-19H2,1-5H3,(H,36,37);1H3;1-2H3/b12-7-;;. The second-order valence-electron chi connectivity index (χ2n) is 11.1. The molecule has 1 aliphatic rings. The van der Waals surface area contributed by atoms with Crippen LogP contribution in [0, 0.1) is 41.4 Å². The van der Waals surface area contributed by atoms with Gasteiger partial charge in [0.15, 0.2) is 5.82 Å². The van der Waals surface area contributed by atoms with E-state index in [0.717, 1.165) is 22.6 Å². The van der Waals surface area contributed by atoms with Gasteiger partial charge in [-0.3, -0.25) is 9.88 Å². The fourth-order valence-corrected chi connectivity index (χ4v) is 4.89. The molecule has 3 rings (SSSR count). The molecule has 1 fully saturated rings. The molecule has 43 heavy (non-hydrogen) atoms. The Morgan fingerprint density at radius 3 is 2.40 bits per heavy atom. The van der Waals surface area contributed by atoms with Crippen molar-refractivity contribution in [3.8, 4) is 12.1 Å². The Labute approximate surface area is 256 Å². The monoisotopic (exact) mass is 594 g/mol. The summed E-state index contributed by atoms with van der Waals surface area (Å²) in [5.41, 5.74) is 0.124. The summed E-state index contributed by atoms with van der Waals surface area (Å²) in [5, 5.41) is 36.8. The third kappa shape index (κ3) is 11.0. The molecule has 10 heteroatoms. The minimum Gasteiger partial charge on any atom is -0.465 e. The van der Waals surface area contributed by atoms with Crippen LogP contribution in [0.1, 0.15) is 91.0 Å². The highest BCUT2D eigenvalue weighted by Crippen LogP contribution is 2.41. The number of halogens is 1. The number of amides is 1. The first-order valence-electron chi connectivity index (χ1n) is 14.8. The van der Waals surface area contributed by atoms with Crippen molar-refractivity contribution in [3.63, 3.8) is 0 Å². The largest absolute Gasteiger partial charge is 0.465 e. The summed E-state index contributed by atoms with van der Waals surface area (Å²) in [7, 11) is 0. The number of carbonyl (C=O) groups is 1. The van der Waals surface area contributed by atoms with Crippen molar-refractivity contribution in [2.24, 2.45) is 11.8 Å². The first-order chi connectivity index (χ1) is 20.3. The third-order valence-corrected chi connectivity index (χ3v) is 7.31. The first-order valence-corrected chi connectivity index (χ1v) is 14.8. The lowest BCUT2D eigenvalue weighted by molar-refractivity contribution is 0.0390. The van der Waals surface area contributed by atoms with Gasteiger partial charge in [-0.2, -0.15) is 10.5 Å². The number of anilines is 2. The van der Waals surface area contributed by atoms with Gasteiger partial charge < -0.3 is 15.1 Å². The number of allylic oxidation sites excluding steroid dienone is 1.